The van der Waals surface area contributed by atoms with Crippen LogP contribution in [0.3, 0.4) is 0 Å². The molecule has 1 N–H and O–H groups in total. The molecule has 0 bridgehead atoms. The number of anilines is 1. The maximum Gasteiger partial charge on any atom is 0.311 e. The summed E-state index contributed by atoms with van der Waals surface area (Å²) in [5.74, 6) is -0.238. The van der Waals surface area contributed by atoms with Gasteiger partial charge in [0.15, 0.2) is 0 Å². The number of hydrogen-bond donors (Lipinski definition) is 1. The average molecular weight is 365 g/mol. The average Bonchev–Trinajstić information content (AvgIpc) is 3.00. The van der Waals surface area contributed by atoms with Crippen LogP contribution in [0.2, 0.25) is 0 Å². The Labute approximate surface area is 149 Å². The highest BCUT2D eigenvalue weighted by Crippen LogP contribution is 2.17. The number of nitrogens with one attached hydrogen (secondary N) is 1. The molecule has 0 unspecified atom stereocenters. The van der Waals surface area contributed by atoms with E-state index in [1.807, 2.05) is 6.92 Å². The first-order valence-corrected chi connectivity index (χ1v) is 8.81. The number of esters is 1. The molecule has 2 rings (SSSR count). The second kappa shape index (κ2) is 9.73. The minimum Gasteiger partial charge on any atom is -0.493 e. The van der Waals surface area contributed by atoms with E-state index in [0.29, 0.717) is 35.4 Å². The van der Waals surface area contributed by atoms with E-state index in [1.54, 1.807) is 18.4 Å². The SMILES string of the molecule is CCCOc1cc(F)cc(C=NNc2nc(CC(=O)OCC)cs2)c1. The van der Waals surface area contributed by atoms with Gasteiger partial charge >= 0.3 is 5.97 Å². The molecule has 2 aromatic rings. The lowest BCUT2D eigenvalue weighted by Crippen LogP contribution is -2.07. The van der Waals surface area contributed by atoms with Gasteiger partial charge in [-0.1, -0.05) is 6.92 Å². The van der Waals surface area contributed by atoms with Gasteiger partial charge in [0.05, 0.1) is 31.5 Å². The number of carbonyl (C=O) groups is 1. The molecule has 0 aliphatic rings. The van der Waals surface area contributed by atoms with Crippen molar-refractivity contribution in [3.63, 3.8) is 0 Å². The summed E-state index contributed by atoms with van der Waals surface area (Å²) in [7, 11) is 0. The molecule has 0 spiro atoms. The molecule has 0 saturated heterocycles. The number of thiazole rings is 1. The predicted molar refractivity (Wildman–Crippen MR) is 95.9 cm³/mol. The van der Waals surface area contributed by atoms with E-state index in [-0.39, 0.29) is 18.2 Å². The molecule has 0 fully saturated rings. The van der Waals surface area contributed by atoms with Crippen LogP contribution in [0.15, 0.2) is 28.7 Å². The zero-order valence-electron chi connectivity index (χ0n) is 14.1. The van der Waals surface area contributed by atoms with Gasteiger partial charge in [0.25, 0.3) is 0 Å². The highest BCUT2D eigenvalue weighted by atomic mass is 32.1. The maximum atomic E-state index is 13.6. The van der Waals surface area contributed by atoms with Crippen LogP contribution in [-0.2, 0) is 16.0 Å². The lowest BCUT2D eigenvalue weighted by atomic mass is 10.2. The van der Waals surface area contributed by atoms with Crippen molar-refractivity contribution < 1.29 is 18.7 Å². The van der Waals surface area contributed by atoms with Crippen molar-refractivity contribution in [2.45, 2.75) is 26.7 Å². The number of halogens is 1. The molecular weight excluding hydrogens is 345 g/mol. The molecule has 0 aliphatic heterocycles. The highest BCUT2D eigenvalue weighted by molar-refractivity contribution is 7.13. The standard InChI is InChI=1S/C17H20FN3O3S/c1-3-5-24-15-7-12(6-13(18)8-15)10-19-21-17-20-14(11-25-17)9-16(22)23-4-2/h6-8,10-11H,3-5,9H2,1-2H3,(H,20,21). The smallest absolute Gasteiger partial charge is 0.311 e. The predicted octanol–water partition coefficient (Wildman–Crippen LogP) is 3.62. The number of hydrogen-bond acceptors (Lipinski definition) is 7. The molecule has 8 heteroatoms. The number of carbonyl (C=O) groups excluding carboxylic acids is 1. The van der Waals surface area contributed by atoms with E-state index in [4.69, 9.17) is 9.47 Å². The monoisotopic (exact) mass is 365 g/mol. The molecule has 134 valence electrons. The fourth-order valence-corrected chi connectivity index (χ4v) is 2.58. The van der Waals surface area contributed by atoms with Crippen LogP contribution in [0.25, 0.3) is 0 Å². The number of nitrogens with zero attached hydrogens (tertiary/aromatic N) is 2. The van der Waals surface area contributed by atoms with Crippen LogP contribution in [0, 0.1) is 5.82 Å². The molecule has 0 aliphatic carbocycles. The van der Waals surface area contributed by atoms with Crippen molar-refractivity contribution in [1.82, 2.24) is 4.98 Å². The molecule has 25 heavy (non-hydrogen) atoms. The van der Waals surface area contributed by atoms with E-state index >= 15 is 0 Å². The van der Waals surface area contributed by atoms with Crippen molar-refractivity contribution in [2.75, 3.05) is 18.6 Å². The second-order valence-corrected chi connectivity index (χ2v) is 5.92. The first-order valence-electron chi connectivity index (χ1n) is 7.93. The molecule has 0 atom stereocenters. The van der Waals surface area contributed by atoms with Crippen LogP contribution in [-0.4, -0.2) is 30.4 Å². The molecule has 1 aromatic heterocycles. The molecule has 6 nitrogen and oxygen atoms in total. The van der Waals surface area contributed by atoms with Crippen LogP contribution in [0.4, 0.5) is 9.52 Å². The van der Waals surface area contributed by atoms with E-state index in [9.17, 15) is 9.18 Å². The van der Waals surface area contributed by atoms with Gasteiger partial charge in [-0.25, -0.2) is 9.37 Å². The third-order valence-corrected chi connectivity index (χ3v) is 3.72. The Morgan fingerprint density at radius 1 is 1.40 bits per heavy atom. The molecule has 0 amide bonds. The first-order chi connectivity index (χ1) is 12.1. The maximum absolute atomic E-state index is 13.6. The second-order valence-electron chi connectivity index (χ2n) is 5.06. The molecular formula is C17H20FN3O3S. The van der Waals surface area contributed by atoms with Crippen molar-refractivity contribution in [3.05, 3.63) is 40.7 Å². The minimum absolute atomic E-state index is 0.123. The zero-order chi connectivity index (χ0) is 18.1. The van der Waals surface area contributed by atoms with E-state index in [1.165, 1.54) is 29.7 Å². The quantitative estimate of drug-likeness (QED) is 0.417. The zero-order valence-corrected chi connectivity index (χ0v) is 14.9. The van der Waals surface area contributed by atoms with Gasteiger partial charge in [-0.05, 0) is 25.5 Å². The van der Waals surface area contributed by atoms with Gasteiger partial charge in [-0.2, -0.15) is 5.10 Å². The van der Waals surface area contributed by atoms with Crippen molar-refractivity contribution in [3.8, 4) is 5.75 Å². The van der Waals surface area contributed by atoms with E-state index in [2.05, 4.69) is 15.5 Å². The Kier molecular flexibility index (Phi) is 7.34. The summed E-state index contributed by atoms with van der Waals surface area (Å²) in [6.45, 7) is 4.61. The van der Waals surface area contributed by atoms with Gasteiger partial charge in [-0.3, -0.25) is 10.2 Å². The third kappa shape index (κ3) is 6.50. The van der Waals surface area contributed by atoms with Gasteiger partial charge in [-0.15, -0.1) is 11.3 Å². The summed E-state index contributed by atoms with van der Waals surface area (Å²) in [6, 6.07) is 4.40. The van der Waals surface area contributed by atoms with Gasteiger partial charge < -0.3 is 9.47 Å². The molecule has 0 radical (unpaired) electrons. The fourth-order valence-electron chi connectivity index (χ4n) is 1.92. The molecule has 1 aromatic carbocycles. The summed E-state index contributed by atoms with van der Waals surface area (Å²) in [6.07, 6.45) is 2.45. The van der Waals surface area contributed by atoms with Crippen molar-refractivity contribution in [1.29, 1.82) is 0 Å². The first kappa shape index (κ1) is 18.9. The van der Waals surface area contributed by atoms with Crippen molar-refractivity contribution >= 4 is 28.7 Å². The van der Waals surface area contributed by atoms with Gasteiger partial charge in [0, 0.05) is 17.0 Å². The highest BCUT2D eigenvalue weighted by Gasteiger charge is 2.08. The Bertz CT molecular complexity index is 734. The molecule has 1 heterocycles. The van der Waals surface area contributed by atoms with Crippen LogP contribution >= 0.6 is 11.3 Å². The Morgan fingerprint density at radius 3 is 3.00 bits per heavy atom. The lowest BCUT2D eigenvalue weighted by molar-refractivity contribution is -0.142. The summed E-state index contributed by atoms with van der Waals surface area (Å²) < 4.78 is 23.9. The lowest BCUT2D eigenvalue weighted by Gasteiger charge is -2.05. The number of benzene rings is 1. The van der Waals surface area contributed by atoms with E-state index < -0.39 is 0 Å². The number of hydrazone groups is 1. The van der Waals surface area contributed by atoms with E-state index in [0.717, 1.165) is 6.42 Å². The summed E-state index contributed by atoms with van der Waals surface area (Å²) in [5.41, 5.74) is 3.95. The topological polar surface area (TPSA) is 72.8 Å². The van der Waals surface area contributed by atoms with Gasteiger partial charge in [0.1, 0.15) is 11.6 Å². The minimum atomic E-state index is -0.388. The summed E-state index contributed by atoms with van der Waals surface area (Å²) in [4.78, 5) is 15.6. The largest absolute Gasteiger partial charge is 0.493 e. The Hall–Kier alpha value is -2.48. The van der Waals surface area contributed by atoms with Crippen molar-refractivity contribution in [2.24, 2.45) is 5.10 Å². The number of ether oxygens (including phenoxy) is 2. The van der Waals surface area contributed by atoms with Crippen LogP contribution < -0.4 is 10.2 Å². The Balaban J connectivity index is 1.93. The third-order valence-electron chi connectivity index (χ3n) is 2.92. The Morgan fingerprint density at radius 2 is 2.24 bits per heavy atom. The molecule has 0 saturated carbocycles. The van der Waals surface area contributed by atoms with Gasteiger partial charge in [0.2, 0.25) is 5.13 Å². The fraction of sp³-hybridized carbons (Fsp3) is 0.353. The number of aromatic nitrogens is 1. The van der Waals surface area contributed by atoms with Crippen LogP contribution in [0.1, 0.15) is 31.5 Å². The summed E-state index contributed by atoms with van der Waals surface area (Å²) in [5, 5.41) is 6.33. The van der Waals surface area contributed by atoms with Crippen LogP contribution in [0.5, 0.6) is 5.75 Å². The number of rotatable bonds is 9. The normalized spacial score (nSPS) is 10.8. The summed E-state index contributed by atoms with van der Waals surface area (Å²) >= 11 is 1.32.